The third-order valence-electron chi connectivity index (χ3n) is 7.09. The summed E-state index contributed by atoms with van der Waals surface area (Å²) in [5.74, 6) is -1.53. The van der Waals surface area contributed by atoms with Crippen LogP contribution in [0, 0.1) is 11.8 Å². The number of benzene rings is 2. The highest BCUT2D eigenvalue weighted by Gasteiger charge is 2.35. The van der Waals surface area contributed by atoms with Gasteiger partial charge in [0, 0.05) is 31.5 Å². The number of fused-ring (bicyclic) bond motifs is 3. The van der Waals surface area contributed by atoms with Gasteiger partial charge in [-0.15, -0.1) is 0 Å². The van der Waals surface area contributed by atoms with Crippen LogP contribution >= 0.6 is 0 Å². The molecule has 4 rings (SSSR count). The molecule has 7 heteroatoms. The van der Waals surface area contributed by atoms with Gasteiger partial charge in [-0.3, -0.25) is 9.59 Å². The number of carbonyl (C=O) groups excluding carboxylic acids is 2. The first kappa shape index (κ1) is 23.8. The number of nitrogens with zero attached hydrogens (tertiary/aromatic N) is 1. The smallest absolute Gasteiger partial charge is 0.407 e. The number of likely N-dealkylation sites (tertiary alicyclic amines) is 1. The summed E-state index contributed by atoms with van der Waals surface area (Å²) in [5, 5.41) is 12.1. The molecule has 180 valence electrons. The zero-order valence-electron chi connectivity index (χ0n) is 19.7. The van der Waals surface area contributed by atoms with Gasteiger partial charge in [-0.1, -0.05) is 55.5 Å². The monoisotopic (exact) mass is 464 g/mol. The van der Waals surface area contributed by atoms with Gasteiger partial charge in [-0.25, -0.2) is 4.79 Å². The van der Waals surface area contributed by atoms with Crippen molar-refractivity contribution >= 4 is 18.0 Å². The van der Waals surface area contributed by atoms with E-state index in [2.05, 4.69) is 29.6 Å². The molecule has 1 aliphatic carbocycles. The lowest BCUT2D eigenvalue weighted by Crippen LogP contribution is -2.49. The molecule has 2 aliphatic rings. The van der Waals surface area contributed by atoms with Gasteiger partial charge in [0.05, 0.1) is 5.92 Å². The van der Waals surface area contributed by atoms with Crippen LogP contribution in [0.4, 0.5) is 4.79 Å². The van der Waals surface area contributed by atoms with Gasteiger partial charge < -0.3 is 20.1 Å². The Morgan fingerprint density at radius 2 is 1.71 bits per heavy atom. The highest BCUT2D eigenvalue weighted by Crippen LogP contribution is 2.44. The Kier molecular flexibility index (Phi) is 7.20. The maximum Gasteiger partial charge on any atom is 0.407 e. The van der Waals surface area contributed by atoms with E-state index in [1.54, 1.807) is 11.8 Å². The first-order valence-electron chi connectivity index (χ1n) is 12.0. The number of hydrogen-bond donors (Lipinski definition) is 2. The number of carbonyl (C=O) groups is 3. The minimum Gasteiger partial charge on any atom is -0.481 e. The van der Waals surface area contributed by atoms with Crippen LogP contribution < -0.4 is 5.32 Å². The summed E-state index contributed by atoms with van der Waals surface area (Å²) in [5.41, 5.74) is 4.67. The van der Waals surface area contributed by atoms with Crippen LogP contribution in [0.25, 0.3) is 11.1 Å². The maximum atomic E-state index is 12.8. The maximum absolute atomic E-state index is 12.8. The van der Waals surface area contributed by atoms with Crippen LogP contribution in [-0.4, -0.2) is 53.7 Å². The molecular formula is C27H32N2O5. The number of alkyl carbamates (subject to hydrolysis) is 1. The Balaban J connectivity index is 1.26. The highest BCUT2D eigenvalue weighted by molar-refractivity contribution is 5.80. The molecule has 0 spiro atoms. The second-order valence-corrected chi connectivity index (χ2v) is 9.43. The fourth-order valence-electron chi connectivity index (χ4n) is 5.22. The lowest BCUT2D eigenvalue weighted by atomic mass is 9.89. The van der Waals surface area contributed by atoms with E-state index < -0.39 is 18.0 Å². The van der Waals surface area contributed by atoms with Crippen molar-refractivity contribution < 1.29 is 24.2 Å². The van der Waals surface area contributed by atoms with E-state index in [-0.39, 0.29) is 36.8 Å². The summed E-state index contributed by atoms with van der Waals surface area (Å²) in [6.45, 7) is 4.83. The molecule has 0 radical (unpaired) electrons. The standard InChI is InChI=1S/C27H32N2O5/c1-17(14-25(30)29-13-7-12-19(18(29)2)26(31)32)15-28-27(33)34-16-24-22-10-5-3-8-20(22)21-9-4-6-11-23(21)24/h3-6,8-11,17-19,24H,7,12-16H2,1-2H3,(H,28,33)(H,31,32)/t17?,18-,19-/m1/s1. The van der Waals surface area contributed by atoms with Crippen LogP contribution in [-0.2, 0) is 14.3 Å². The van der Waals surface area contributed by atoms with Gasteiger partial charge in [0.1, 0.15) is 6.61 Å². The average molecular weight is 465 g/mol. The van der Waals surface area contributed by atoms with Crippen molar-refractivity contribution in [1.82, 2.24) is 10.2 Å². The Morgan fingerprint density at radius 3 is 2.32 bits per heavy atom. The molecule has 1 aliphatic heterocycles. The minimum atomic E-state index is -0.852. The number of carboxylic acids is 1. The molecule has 2 N–H and O–H groups in total. The molecule has 0 saturated carbocycles. The molecule has 2 amide bonds. The van der Waals surface area contributed by atoms with E-state index in [4.69, 9.17) is 4.74 Å². The molecule has 1 unspecified atom stereocenters. The number of rotatable bonds is 7. The normalized spacial score (nSPS) is 20.2. The third-order valence-corrected chi connectivity index (χ3v) is 7.09. The highest BCUT2D eigenvalue weighted by atomic mass is 16.5. The molecule has 1 fully saturated rings. The lowest BCUT2D eigenvalue weighted by Gasteiger charge is -2.38. The van der Waals surface area contributed by atoms with Gasteiger partial charge >= 0.3 is 12.1 Å². The minimum absolute atomic E-state index is 0.0000728. The van der Waals surface area contributed by atoms with Gasteiger partial charge in [0.2, 0.25) is 5.91 Å². The molecular weight excluding hydrogens is 432 g/mol. The van der Waals surface area contributed by atoms with Gasteiger partial charge in [0.25, 0.3) is 0 Å². The Morgan fingerprint density at radius 1 is 1.09 bits per heavy atom. The molecule has 0 bridgehead atoms. The number of amides is 2. The summed E-state index contributed by atoms with van der Waals surface area (Å²) < 4.78 is 5.56. The second kappa shape index (κ2) is 10.3. The predicted molar refractivity (Wildman–Crippen MR) is 128 cm³/mol. The first-order valence-corrected chi connectivity index (χ1v) is 12.0. The van der Waals surface area contributed by atoms with Crippen molar-refractivity contribution in [1.29, 1.82) is 0 Å². The van der Waals surface area contributed by atoms with Crippen LogP contribution in [0.5, 0.6) is 0 Å². The molecule has 2 aromatic carbocycles. The number of hydrogen-bond acceptors (Lipinski definition) is 4. The molecule has 1 heterocycles. The quantitative estimate of drug-likeness (QED) is 0.638. The summed E-state index contributed by atoms with van der Waals surface area (Å²) >= 11 is 0. The first-order chi connectivity index (χ1) is 16.4. The lowest BCUT2D eigenvalue weighted by molar-refractivity contribution is -0.149. The van der Waals surface area contributed by atoms with Crippen LogP contribution in [0.3, 0.4) is 0 Å². The SMILES string of the molecule is CC(CNC(=O)OCC1c2ccccc2-c2ccccc21)CC(=O)N1CCC[C@@H](C(=O)O)[C@H]1C. The predicted octanol–water partition coefficient (Wildman–Crippen LogP) is 4.26. The Bertz CT molecular complexity index is 1020. The zero-order valence-corrected chi connectivity index (χ0v) is 19.7. The summed E-state index contributed by atoms with van der Waals surface area (Å²) in [7, 11) is 0. The number of piperidine rings is 1. The zero-order chi connectivity index (χ0) is 24.2. The van der Waals surface area contributed by atoms with E-state index in [1.165, 1.54) is 11.1 Å². The van der Waals surface area contributed by atoms with Crippen LogP contribution in [0.1, 0.15) is 50.2 Å². The van der Waals surface area contributed by atoms with E-state index in [9.17, 15) is 19.5 Å². The molecule has 3 atom stereocenters. The van der Waals surface area contributed by atoms with Crippen LogP contribution in [0.15, 0.2) is 48.5 Å². The molecule has 0 aromatic heterocycles. The van der Waals surface area contributed by atoms with E-state index in [0.29, 0.717) is 25.9 Å². The molecule has 7 nitrogen and oxygen atoms in total. The number of carboxylic acid groups (broad SMARTS) is 1. The van der Waals surface area contributed by atoms with Crippen molar-refractivity contribution in [3.8, 4) is 11.1 Å². The van der Waals surface area contributed by atoms with Gasteiger partial charge in [-0.2, -0.15) is 0 Å². The number of aliphatic carboxylic acids is 1. The van der Waals surface area contributed by atoms with Gasteiger partial charge in [0.15, 0.2) is 0 Å². The fourth-order valence-corrected chi connectivity index (χ4v) is 5.22. The second-order valence-electron chi connectivity index (χ2n) is 9.43. The largest absolute Gasteiger partial charge is 0.481 e. The summed E-state index contributed by atoms with van der Waals surface area (Å²) in [6.07, 6.45) is 1.04. The van der Waals surface area contributed by atoms with Crippen molar-refractivity contribution in [2.75, 3.05) is 19.7 Å². The fraction of sp³-hybridized carbons (Fsp3) is 0.444. The van der Waals surface area contributed by atoms with Crippen molar-refractivity contribution in [3.05, 3.63) is 59.7 Å². The van der Waals surface area contributed by atoms with Crippen LogP contribution in [0.2, 0.25) is 0 Å². The number of nitrogens with one attached hydrogen (secondary N) is 1. The van der Waals surface area contributed by atoms with E-state index in [1.807, 2.05) is 31.2 Å². The molecule has 1 saturated heterocycles. The van der Waals surface area contributed by atoms with Gasteiger partial charge in [-0.05, 0) is 47.9 Å². The number of ether oxygens (including phenoxy) is 1. The summed E-state index contributed by atoms with van der Waals surface area (Å²) in [4.78, 5) is 38.2. The Labute approximate surface area is 200 Å². The van der Waals surface area contributed by atoms with Crippen molar-refractivity contribution in [2.45, 2.75) is 45.1 Å². The molecule has 34 heavy (non-hydrogen) atoms. The van der Waals surface area contributed by atoms with Crippen molar-refractivity contribution in [3.63, 3.8) is 0 Å². The van der Waals surface area contributed by atoms with E-state index in [0.717, 1.165) is 11.1 Å². The Hall–Kier alpha value is -3.35. The molecule has 2 aromatic rings. The topological polar surface area (TPSA) is 95.9 Å². The average Bonchev–Trinajstić information content (AvgIpc) is 3.15. The van der Waals surface area contributed by atoms with E-state index >= 15 is 0 Å². The summed E-state index contributed by atoms with van der Waals surface area (Å²) in [6, 6.07) is 16.0. The van der Waals surface area contributed by atoms with Crippen molar-refractivity contribution in [2.24, 2.45) is 11.8 Å². The third kappa shape index (κ3) is 4.93.